The maximum Gasteiger partial charge on any atom is 0.251 e. The van der Waals surface area contributed by atoms with Crippen molar-refractivity contribution in [2.45, 2.75) is 63.5 Å². The molecule has 0 N–H and O–H groups in total. The van der Waals surface area contributed by atoms with Crippen LogP contribution in [0.5, 0.6) is 5.75 Å². The second-order valence-electron chi connectivity index (χ2n) is 10.9. The van der Waals surface area contributed by atoms with Crippen molar-refractivity contribution in [1.82, 2.24) is 9.80 Å². The van der Waals surface area contributed by atoms with Crippen molar-refractivity contribution in [1.29, 1.82) is 0 Å². The number of piperazine rings is 1. The van der Waals surface area contributed by atoms with Gasteiger partial charge in [0, 0.05) is 31.7 Å². The van der Waals surface area contributed by atoms with Crippen molar-refractivity contribution in [2.75, 3.05) is 37.7 Å². The lowest BCUT2D eigenvalue weighted by Crippen LogP contribution is -2.64. The predicted octanol–water partition coefficient (Wildman–Crippen LogP) is 3.30. The molecule has 0 aromatic heterocycles. The molecule has 6 fully saturated rings. The van der Waals surface area contributed by atoms with Gasteiger partial charge in [-0.05, 0) is 87.5 Å². The van der Waals surface area contributed by atoms with Crippen molar-refractivity contribution in [3.63, 3.8) is 0 Å². The first-order valence-electron chi connectivity index (χ1n) is 12.6. The summed E-state index contributed by atoms with van der Waals surface area (Å²) in [6.07, 6.45) is 8.89. The quantitative estimate of drug-likeness (QED) is 0.662. The Hall–Kier alpha value is -1.92. The zero-order chi connectivity index (χ0) is 21.9. The van der Waals surface area contributed by atoms with Crippen molar-refractivity contribution < 1.29 is 14.3 Å². The topological polar surface area (TPSA) is 53.1 Å². The summed E-state index contributed by atoms with van der Waals surface area (Å²) in [5, 5.41) is 0. The molecular weight excluding hydrogens is 402 g/mol. The molecule has 0 radical (unpaired) electrons. The molecule has 2 aliphatic heterocycles. The molecule has 0 spiro atoms. The van der Waals surface area contributed by atoms with Gasteiger partial charge in [0.1, 0.15) is 5.75 Å². The molecule has 4 saturated carbocycles. The van der Waals surface area contributed by atoms with Crippen LogP contribution < -0.4 is 9.64 Å². The van der Waals surface area contributed by atoms with E-state index in [2.05, 4.69) is 9.80 Å². The van der Waals surface area contributed by atoms with Gasteiger partial charge in [-0.1, -0.05) is 0 Å². The van der Waals surface area contributed by atoms with Crippen LogP contribution in [-0.4, -0.2) is 66.0 Å². The molecule has 7 rings (SSSR count). The molecule has 1 aromatic rings. The van der Waals surface area contributed by atoms with Gasteiger partial charge < -0.3 is 4.74 Å². The van der Waals surface area contributed by atoms with Crippen LogP contribution in [0.2, 0.25) is 0 Å². The molecule has 2 saturated heterocycles. The van der Waals surface area contributed by atoms with E-state index in [1.54, 1.807) is 0 Å². The number of ether oxygens (including phenoxy) is 1. The number of anilines is 1. The fraction of sp³-hybridized carbons (Fsp3) is 0.692. The highest BCUT2D eigenvalue weighted by molar-refractivity contribution is 6.22. The van der Waals surface area contributed by atoms with Crippen LogP contribution >= 0.6 is 0 Å². The fourth-order valence-corrected chi connectivity index (χ4v) is 7.99. The summed E-state index contributed by atoms with van der Waals surface area (Å²) < 4.78 is 5.49. The Kier molecular flexibility index (Phi) is 5.06. The first-order chi connectivity index (χ1) is 15.5. The molecule has 4 bridgehead atoms. The standard InChI is InChI=1S/C26H35N3O3/c1-2-32-22-5-3-21(4-6-22)29-24(30)14-23(25(29)31)27-7-9-28(10-8-27)26-15-18-11-19(16-26)13-20(12-18)17-26/h3-6,18-20,23H,2,7-17H2,1H3. The molecule has 2 heterocycles. The van der Waals surface area contributed by atoms with E-state index >= 15 is 0 Å². The van der Waals surface area contributed by atoms with E-state index < -0.39 is 0 Å². The van der Waals surface area contributed by atoms with Gasteiger partial charge >= 0.3 is 0 Å². The minimum atomic E-state index is -0.312. The maximum absolute atomic E-state index is 13.2. The normalized spacial score (nSPS) is 37.5. The number of rotatable bonds is 5. The van der Waals surface area contributed by atoms with Crippen LogP contribution in [0.15, 0.2) is 24.3 Å². The minimum absolute atomic E-state index is 0.0672. The molecular formula is C26H35N3O3. The Morgan fingerprint density at radius 1 is 0.906 bits per heavy atom. The van der Waals surface area contributed by atoms with E-state index in [1.165, 1.54) is 43.4 Å². The summed E-state index contributed by atoms with van der Waals surface area (Å²) in [6, 6.07) is 6.98. The lowest BCUT2D eigenvalue weighted by molar-refractivity contribution is -0.125. The summed E-state index contributed by atoms with van der Waals surface area (Å²) in [5.74, 6) is 3.46. The molecule has 2 amide bonds. The number of hydrogen-bond acceptors (Lipinski definition) is 5. The van der Waals surface area contributed by atoms with E-state index in [4.69, 9.17) is 4.74 Å². The number of nitrogens with zero attached hydrogens (tertiary/aromatic N) is 3. The Bertz CT molecular complexity index is 855. The zero-order valence-electron chi connectivity index (χ0n) is 19.2. The molecule has 1 aromatic carbocycles. The Morgan fingerprint density at radius 3 is 2.06 bits per heavy atom. The maximum atomic E-state index is 13.2. The molecule has 172 valence electrons. The van der Waals surface area contributed by atoms with Gasteiger partial charge in [-0.25, -0.2) is 4.90 Å². The van der Waals surface area contributed by atoms with Crippen molar-refractivity contribution in [3.8, 4) is 5.75 Å². The number of benzene rings is 1. The summed E-state index contributed by atoms with van der Waals surface area (Å²) >= 11 is 0. The van der Waals surface area contributed by atoms with E-state index in [-0.39, 0.29) is 17.9 Å². The van der Waals surface area contributed by atoms with E-state index in [0.717, 1.165) is 49.7 Å². The Morgan fingerprint density at radius 2 is 1.50 bits per heavy atom. The molecule has 32 heavy (non-hydrogen) atoms. The SMILES string of the molecule is CCOc1ccc(N2C(=O)CC(N3CCN(C45CC6CC(CC(C6)C4)C5)CC3)C2=O)cc1. The van der Waals surface area contributed by atoms with Gasteiger partial charge in [0.2, 0.25) is 5.91 Å². The number of imide groups is 1. The average molecular weight is 438 g/mol. The second kappa shape index (κ2) is 7.84. The van der Waals surface area contributed by atoms with E-state index in [9.17, 15) is 9.59 Å². The largest absolute Gasteiger partial charge is 0.494 e. The van der Waals surface area contributed by atoms with Gasteiger partial charge in [0.15, 0.2) is 0 Å². The third-order valence-electron chi connectivity index (χ3n) is 8.96. The monoisotopic (exact) mass is 437 g/mol. The number of hydrogen-bond donors (Lipinski definition) is 0. The lowest BCUT2D eigenvalue weighted by Gasteiger charge is -2.61. The molecule has 6 aliphatic rings. The molecule has 1 unspecified atom stereocenters. The lowest BCUT2D eigenvalue weighted by atomic mass is 9.52. The molecule has 4 aliphatic carbocycles. The molecule has 1 atom stereocenters. The summed E-state index contributed by atoms with van der Waals surface area (Å²) in [4.78, 5) is 32.5. The van der Waals surface area contributed by atoms with Gasteiger partial charge in [-0.2, -0.15) is 0 Å². The summed E-state index contributed by atoms with van der Waals surface area (Å²) in [7, 11) is 0. The average Bonchev–Trinajstić information content (AvgIpc) is 3.08. The third-order valence-corrected chi connectivity index (χ3v) is 8.96. The zero-order valence-corrected chi connectivity index (χ0v) is 19.2. The van der Waals surface area contributed by atoms with Gasteiger partial charge in [0.05, 0.1) is 24.8 Å². The number of carbonyl (C=O) groups is 2. The number of carbonyl (C=O) groups excluding carboxylic acids is 2. The van der Waals surface area contributed by atoms with Crippen LogP contribution in [0.4, 0.5) is 5.69 Å². The van der Waals surface area contributed by atoms with Crippen LogP contribution in [0, 0.1) is 17.8 Å². The summed E-state index contributed by atoms with van der Waals surface area (Å²) in [5.41, 5.74) is 1.09. The van der Waals surface area contributed by atoms with Crippen LogP contribution in [0.3, 0.4) is 0 Å². The predicted molar refractivity (Wildman–Crippen MR) is 123 cm³/mol. The van der Waals surface area contributed by atoms with Crippen LogP contribution in [0.25, 0.3) is 0 Å². The van der Waals surface area contributed by atoms with Crippen molar-refractivity contribution in [3.05, 3.63) is 24.3 Å². The molecule has 6 nitrogen and oxygen atoms in total. The van der Waals surface area contributed by atoms with Gasteiger partial charge in [-0.3, -0.25) is 19.4 Å². The Balaban J connectivity index is 1.11. The Labute approximate surface area is 190 Å². The first-order valence-corrected chi connectivity index (χ1v) is 12.6. The highest BCUT2D eigenvalue weighted by Gasteiger charge is 2.54. The first kappa shape index (κ1) is 20.7. The van der Waals surface area contributed by atoms with Crippen LogP contribution in [-0.2, 0) is 9.59 Å². The smallest absolute Gasteiger partial charge is 0.251 e. The minimum Gasteiger partial charge on any atom is -0.494 e. The fourth-order valence-electron chi connectivity index (χ4n) is 7.99. The highest BCUT2D eigenvalue weighted by Crippen LogP contribution is 2.57. The van der Waals surface area contributed by atoms with Gasteiger partial charge in [-0.15, -0.1) is 0 Å². The number of amides is 2. The van der Waals surface area contributed by atoms with Gasteiger partial charge in [0.25, 0.3) is 5.91 Å². The van der Waals surface area contributed by atoms with E-state index in [0.29, 0.717) is 24.3 Å². The van der Waals surface area contributed by atoms with Crippen LogP contribution in [0.1, 0.15) is 51.9 Å². The molecule has 6 heteroatoms. The van der Waals surface area contributed by atoms with Crippen molar-refractivity contribution in [2.24, 2.45) is 17.8 Å². The van der Waals surface area contributed by atoms with E-state index in [1.807, 2.05) is 31.2 Å². The highest BCUT2D eigenvalue weighted by atomic mass is 16.5. The third kappa shape index (κ3) is 3.38. The second-order valence-corrected chi connectivity index (χ2v) is 10.9. The summed E-state index contributed by atoms with van der Waals surface area (Å²) in [6.45, 7) is 6.39. The van der Waals surface area contributed by atoms with Crippen molar-refractivity contribution >= 4 is 17.5 Å².